The molecule has 6 rings (SSSR count). The number of carbonyl (C=O) groups excluding carboxylic acids is 1. The fraction of sp³-hybridized carbons (Fsp3) is 0.321. The predicted octanol–water partition coefficient (Wildman–Crippen LogP) is 4.63. The molecule has 3 heterocycles. The lowest BCUT2D eigenvalue weighted by molar-refractivity contribution is 0.0909. The average Bonchev–Trinajstić information content (AvgIpc) is 3.48. The largest absolute Gasteiger partial charge is 0.394 e. The average molecular weight is 512 g/mol. The molecule has 0 unspecified atom stereocenters. The highest BCUT2D eigenvalue weighted by molar-refractivity contribution is 6.00. The van der Waals surface area contributed by atoms with Crippen molar-refractivity contribution in [3.63, 3.8) is 0 Å². The Kier molecular flexibility index (Phi) is 6.24. The molecule has 1 atom stereocenters. The number of benzene rings is 2. The SMILES string of the molecule is Cc1noc(-c2cnc(Nc3ccc4c(c3)C3(CCCCC3)NC4=O)nc2N[C@H](CO)c2ccccc2)n1. The van der Waals surface area contributed by atoms with Crippen LogP contribution in [-0.2, 0) is 5.54 Å². The first kappa shape index (κ1) is 24.1. The van der Waals surface area contributed by atoms with Gasteiger partial charge in [0.2, 0.25) is 5.95 Å². The summed E-state index contributed by atoms with van der Waals surface area (Å²) in [6, 6.07) is 15.0. The van der Waals surface area contributed by atoms with Crippen LogP contribution in [0.3, 0.4) is 0 Å². The topological polar surface area (TPSA) is 138 Å². The number of hydrogen-bond acceptors (Lipinski definition) is 9. The Morgan fingerprint density at radius 2 is 1.89 bits per heavy atom. The van der Waals surface area contributed by atoms with Gasteiger partial charge in [-0.05, 0) is 49.1 Å². The van der Waals surface area contributed by atoms with Crippen LogP contribution in [0.5, 0.6) is 0 Å². The summed E-state index contributed by atoms with van der Waals surface area (Å²) in [6.07, 6.45) is 6.89. The molecule has 4 N–H and O–H groups in total. The zero-order chi connectivity index (χ0) is 26.1. The second-order valence-corrected chi connectivity index (χ2v) is 9.88. The molecule has 0 bridgehead atoms. The molecule has 10 nitrogen and oxygen atoms in total. The molecule has 0 radical (unpaired) electrons. The minimum absolute atomic E-state index is 0.00801. The van der Waals surface area contributed by atoms with Crippen LogP contribution in [-0.4, -0.2) is 37.7 Å². The molecule has 38 heavy (non-hydrogen) atoms. The Morgan fingerprint density at radius 1 is 1.08 bits per heavy atom. The highest BCUT2D eigenvalue weighted by Gasteiger charge is 2.43. The quantitative estimate of drug-likeness (QED) is 0.280. The van der Waals surface area contributed by atoms with E-state index in [4.69, 9.17) is 9.51 Å². The zero-order valence-corrected chi connectivity index (χ0v) is 21.1. The molecule has 10 heteroatoms. The number of fused-ring (bicyclic) bond motifs is 2. The first-order chi connectivity index (χ1) is 18.5. The summed E-state index contributed by atoms with van der Waals surface area (Å²) >= 11 is 0. The third kappa shape index (κ3) is 4.47. The standard InChI is InChI=1S/C28H29N7O3/c1-17-30-26(38-35-17)21-15-29-27(33-24(21)32-23(16-36)18-8-4-2-5-9-18)31-19-10-11-20-22(14-19)28(34-25(20)37)12-6-3-7-13-28/h2,4-5,8-11,14-15,23,36H,3,6-7,12-13,16H2,1H3,(H,34,37)(H2,29,31,32,33)/t23-/m1/s1. The van der Waals surface area contributed by atoms with Gasteiger partial charge in [-0.2, -0.15) is 9.97 Å². The van der Waals surface area contributed by atoms with Crippen LogP contribution in [0.1, 0.15) is 65.5 Å². The van der Waals surface area contributed by atoms with Crippen LogP contribution in [0, 0.1) is 6.92 Å². The Morgan fingerprint density at radius 3 is 2.63 bits per heavy atom. The van der Waals surface area contributed by atoms with Crippen molar-refractivity contribution >= 4 is 23.4 Å². The van der Waals surface area contributed by atoms with Gasteiger partial charge in [0.05, 0.1) is 18.2 Å². The molecular weight excluding hydrogens is 482 g/mol. The van der Waals surface area contributed by atoms with E-state index in [1.807, 2.05) is 48.5 Å². The van der Waals surface area contributed by atoms with E-state index in [0.29, 0.717) is 23.2 Å². The van der Waals surface area contributed by atoms with Crippen molar-refractivity contribution in [3.05, 3.63) is 77.2 Å². The second kappa shape index (κ2) is 9.86. The van der Waals surface area contributed by atoms with Crippen molar-refractivity contribution in [1.29, 1.82) is 0 Å². The van der Waals surface area contributed by atoms with Crippen LogP contribution in [0.25, 0.3) is 11.5 Å². The van der Waals surface area contributed by atoms with Gasteiger partial charge in [-0.1, -0.05) is 54.8 Å². The number of nitrogens with one attached hydrogen (secondary N) is 3. The van der Waals surface area contributed by atoms with Gasteiger partial charge in [0.1, 0.15) is 11.4 Å². The number of aliphatic hydroxyl groups excluding tert-OH is 1. The molecule has 2 aromatic carbocycles. The van der Waals surface area contributed by atoms with Gasteiger partial charge in [-0.25, -0.2) is 4.98 Å². The third-order valence-electron chi connectivity index (χ3n) is 7.34. The maximum atomic E-state index is 12.7. The van der Waals surface area contributed by atoms with Crippen molar-refractivity contribution in [3.8, 4) is 11.5 Å². The molecule has 2 aromatic heterocycles. The van der Waals surface area contributed by atoms with Crippen LogP contribution in [0.15, 0.2) is 59.3 Å². The molecular formula is C28H29N7O3. The molecule has 1 spiro atoms. The molecule has 1 amide bonds. The molecule has 4 aromatic rings. The third-order valence-corrected chi connectivity index (χ3v) is 7.34. The van der Waals surface area contributed by atoms with E-state index in [-0.39, 0.29) is 23.9 Å². The maximum absolute atomic E-state index is 12.7. The van der Waals surface area contributed by atoms with Gasteiger partial charge >= 0.3 is 0 Å². The van der Waals surface area contributed by atoms with Crippen molar-refractivity contribution in [1.82, 2.24) is 25.4 Å². The van der Waals surface area contributed by atoms with E-state index in [2.05, 4.69) is 31.1 Å². The van der Waals surface area contributed by atoms with E-state index < -0.39 is 6.04 Å². The minimum atomic E-state index is -0.412. The lowest BCUT2D eigenvalue weighted by Gasteiger charge is -2.34. The Hall–Kier alpha value is -4.31. The first-order valence-electron chi connectivity index (χ1n) is 12.9. The number of aryl methyl sites for hydroxylation is 1. The second-order valence-electron chi connectivity index (χ2n) is 9.88. The van der Waals surface area contributed by atoms with E-state index in [9.17, 15) is 9.90 Å². The molecule has 0 saturated heterocycles. The monoisotopic (exact) mass is 511 g/mol. The van der Waals surface area contributed by atoms with E-state index in [1.54, 1.807) is 13.1 Å². The lowest BCUT2D eigenvalue weighted by Crippen LogP contribution is -2.40. The fourth-order valence-corrected chi connectivity index (χ4v) is 5.45. The summed E-state index contributed by atoms with van der Waals surface area (Å²) in [5.41, 5.74) is 3.70. The number of hydrogen-bond donors (Lipinski definition) is 4. The van der Waals surface area contributed by atoms with Crippen LogP contribution >= 0.6 is 0 Å². The Labute approximate surface area is 219 Å². The number of carbonyl (C=O) groups is 1. The van der Waals surface area contributed by atoms with E-state index in [0.717, 1.165) is 48.1 Å². The van der Waals surface area contributed by atoms with Gasteiger partial charge in [0.25, 0.3) is 11.8 Å². The maximum Gasteiger partial charge on any atom is 0.263 e. The van der Waals surface area contributed by atoms with Crippen molar-refractivity contribution < 1.29 is 14.4 Å². The number of aromatic nitrogens is 4. The summed E-state index contributed by atoms with van der Waals surface area (Å²) < 4.78 is 5.39. The number of nitrogens with zero attached hydrogens (tertiary/aromatic N) is 4. The molecule has 1 aliphatic carbocycles. The minimum Gasteiger partial charge on any atom is -0.394 e. The number of rotatable bonds is 7. The van der Waals surface area contributed by atoms with Crippen molar-refractivity contribution in [2.45, 2.75) is 50.6 Å². The summed E-state index contributed by atoms with van der Waals surface area (Å²) in [4.78, 5) is 26.2. The Bertz CT molecular complexity index is 1460. The number of amides is 1. The van der Waals surface area contributed by atoms with Gasteiger partial charge < -0.3 is 25.6 Å². The predicted molar refractivity (Wildman–Crippen MR) is 142 cm³/mol. The van der Waals surface area contributed by atoms with Gasteiger partial charge in [-0.3, -0.25) is 4.79 Å². The van der Waals surface area contributed by atoms with Crippen LogP contribution in [0.4, 0.5) is 17.5 Å². The van der Waals surface area contributed by atoms with Gasteiger partial charge in [0, 0.05) is 17.4 Å². The first-order valence-corrected chi connectivity index (χ1v) is 12.9. The van der Waals surface area contributed by atoms with E-state index in [1.165, 1.54) is 6.42 Å². The van der Waals surface area contributed by atoms with E-state index >= 15 is 0 Å². The number of anilines is 3. The van der Waals surface area contributed by atoms with Gasteiger partial charge in [0.15, 0.2) is 5.82 Å². The van der Waals surface area contributed by atoms with Crippen LogP contribution in [0.2, 0.25) is 0 Å². The highest BCUT2D eigenvalue weighted by Crippen LogP contribution is 2.43. The van der Waals surface area contributed by atoms with Gasteiger partial charge in [-0.15, -0.1) is 0 Å². The molecule has 1 aliphatic heterocycles. The molecule has 1 saturated carbocycles. The fourth-order valence-electron chi connectivity index (χ4n) is 5.45. The summed E-state index contributed by atoms with van der Waals surface area (Å²) in [6.45, 7) is 1.59. The van der Waals surface area contributed by atoms with Crippen molar-refractivity contribution in [2.24, 2.45) is 0 Å². The molecule has 1 fully saturated rings. The summed E-state index contributed by atoms with van der Waals surface area (Å²) in [7, 11) is 0. The smallest absolute Gasteiger partial charge is 0.263 e. The Balaban J connectivity index is 1.34. The lowest BCUT2D eigenvalue weighted by atomic mass is 9.77. The normalized spacial score (nSPS) is 16.6. The summed E-state index contributed by atoms with van der Waals surface area (Å²) in [5.74, 6) is 1.56. The summed E-state index contributed by atoms with van der Waals surface area (Å²) in [5, 5.41) is 23.9. The van der Waals surface area contributed by atoms with Crippen LogP contribution < -0.4 is 16.0 Å². The zero-order valence-electron chi connectivity index (χ0n) is 21.1. The molecule has 194 valence electrons. The van der Waals surface area contributed by atoms with Crippen molar-refractivity contribution in [2.75, 3.05) is 17.2 Å². The highest BCUT2D eigenvalue weighted by atomic mass is 16.5. The number of aliphatic hydroxyl groups is 1. The molecule has 2 aliphatic rings.